The fourth-order valence-electron chi connectivity index (χ4n) is 2.79. The minimum atomic E-state index is -3.66. The van der Waals surface area contributed by atoms with Gasteiger partial charge in [-0.3, -0.25) is 0 Å². The van der Waals surface area contributed by atoms with Gasteiger partial charge in [-0.25, -0.2) is 13.1 Å². The number of sulfonamides is 1. The average molecular weight is 428 g/mol. The lowest BCUT2D eigenvalue weighted by Gasteiger charge is -2.28. The molecule has 23 heavy (non-hydrogen) atoms. The Morgan fingerprint density at radius 2 is 1.87 bits per heavy atom. The number of halogens is 2. The minimum absolute atomic E-state index is 0. The van der Waals surface area contributed by atoms with Crippen LogP contribution in [-0.4, -0.2) is 27.6 Å². The van der Waals surface area contributed by atoms with Crippen molar-refractivity contribution >= 4 is 38.4 Å². The van der Waals surface area contributed by atoms with E-state index in [2.05, 4.69) is 20.7 Å². The maximum Gasteiger partial charge on any atom is 0.244 e. The van der Waals surface area contributed by atoms with Crippen molar-refractivity contribution in [3.05, 3.63) is 22.7 Å². The first-order valence-corrected chi connectivity index (χ1v) is 9.76. The van der Waals surface area contributed by atoms with Crippen molar-refractivity contribution in [2.45, 2.75) is 49.0 Å². The molecule has 0 bridgehead atoms. The number of hydrogen-bond donors (Lipinski definition) is 2. The summed E-state index contributed by atoms with van der Waals surface area (Å²) in [4.78, 5) is 0.126. The molecule has 0 heterocycles. The van der Waals surface area contributed by atoms with Gasteiger partial charge in [-0.1, -0.05) is 41.6 Å². The highest BCUT2D eigenvalue weighted by atomic mass is 79.9. The number of hydrogen-bond acceptors (Lipinski definition) is 4. The van der Waals surface area contributed by atoms with Crippen molar-refractivity contribution in [2.75, 3.05) is 13.7 Å². The maximum absolute atomic E-state index is 12.6. The summed E-state index contributed by atoms with van der Waals surface area (Å²) in [6, 6.07) is 4.91. The van der Waals surface area contributed by atoms with E-state index in [4.69, 9.17) is 10.5 Å². The van der Waals surface area contributed by atoms with Crippen molar-refractivity contribution in [2.24, 2.45) is 5.73 Å². The van der Waals surface area contributed by atoms with Gasteiger partial charge in [-0.05, 0) is 31.0 Å². The number of benzene rings is 1. The molecule has 1 aliphatic rings. The molecule has 2 rings (SSSR count). The summed E-state index contributed by atoms with van der Waals surface area (Å²) in [6.07, 6.45) is 6.16. The van der Waals surface area contributed by atoms with Gasteiger partial charge in [-0.2, -0.15) is 0 Å². The van der Waals surface area contributed by atoms with Gasteiger partial charge >= 0.3 is 0 Å². The highest BCUT2D eigenvalue weighted by Crippen LogP contribution is 2.28. The molecule has 0 atom stereocenters. The normalized spacial score (nSPS) is 17.9. The van der Waals surface area contributed by atoms with Gasteiger partial charge in [0.25, 0.3) is 0 Å². The third-order valence-electron chi connectivity index (χ3n) is 4.13. The second kappa shape index (κ2) is 8.67. The van der Waals surface area contributed by atoms with Crippen LogP contribution in [0, 0.1) is 0 Å². The molecule has 1 fully saturated rings. The topological polar surface area (TPSA) is 81.4 Å². The first-order chi connectivity index (χ1) is 10.4. The van der Waals surface area contributed by atoms with Crippen LogP contribution >= 0.6 is 28.3 Å². The van der Waals surface area contributed by atoms with E-state index in [0.717, 1.165) is 25.7 Å². The third kappa shape index (κ3) is 5.60. The number of rotatable bonds is 5. The fraction of sp³-hybridized carbons (Fsp3) is 0.600. The third-order valence-corrected chi connectivity index (χ3v) is 6.04. The molecule has 0 amide bonds. The summed E-state index contributed by atoms with van der Waals surface area (Å²) in [5, 5.41) is 0. The van der Waals surface area contributed by atoms with Crippen LogP contribution in [0.1, 0.15) is 38.5 Å². The van der Waals surface area contributed by atoms with Gasteiger partial charge in [0.05, 0.1) is 7.11 Å². The molecule has 8 heteroatoms. The zero-order valence-electron chi connectivity index (χ0n) is 13.2. The van der Waals surface area contributed by atoms with Crippen molar-refractivity contribution < 1.29 is 13.2 Å². The van der Waals surface area contributed by atoms with Crippen molar-refractivity contribution in [3.8, 4) is 5.75 Å². The first kappa shape index (κ1) is 20.7. The van der Waals surface area contributed by atoms with Gasteiger partial charge in [0.15, 0.2) is 0 Å². The molecule has 5 nitrogen and oxygen atoms in total. The van der Waals surface area contributed by atoms with E-state index in [0.29, 0.717) is 10.2 Å². The van der Waals surface area contributed by atoms with E-state index in [1.54, 1.807) is 12.1 Å². The predicted octanol–water partition coefficient (Wildman–Crippen LogP) is 3.21. The van der Waals surface area contributed by atoms with E-state index in [1.165, 1.54) is 26.0 Å². The van der Waals surface area contributed by atoms with Crippen LogP contribution in [0.25, 0.3) is 0 Å². The quantitative estimate of drug-likeness (QED) is 0.707. The van der Waals surface area contributed by atoms with Crippen LogP contribution in [-0.2, 0) is 10.0 Å². The average Bonchev–Trinajstić information content (AvgIpc) is 2.71. The molecule has 0 unspecified atom stereocenters. The van der Waals surface area contributed by atoms with Gasteiger partial charge in [0, 0.05) is 16.6 Å². The van der Waals surface area contributed by atoms with Crippen LogP contribution in [0.5, 0.6) is 5.75 Å². The molecule has 1 aromatic rings. The SMILES string of the molecule is COc1ccc(Br)cc1S(=O)(=O)NCC1(N)CCCCCC1.Cl. The number of nitrogens with two attached hydrogens (primary N) is 1. The molecule has 132 valence electrons. The maximum atomic E-state index is 12.6. The second-order valence-corrected chi connectivity index (χ2v) is 8.55. The van der Waals surface area contributed by atoms with Crippen LogP contribution in [0.3, 0.4) is 0 Å². The Kier molecular flexibility index (Phi) is 7.80. The molecule has 3 N–H and O–H groups in total. The summed E-state index contributed by atoms with van der Waals surface area (Å²) >= 11 is 3.29. The van der Waals surface area contributed by atoms with E-state index >= 15 is 0 Å². The van der Waals surface area contributed by atoms with Crippen LogP contribution < -0.4 is 15.2 Å². The molecule has 0 aliphatic heterocycles. The number of ether oxygens (including phenoxy) is 1. The Morgan fingerprint density at radius 3 is 2.43 bits per heavy atom. The Balaban J connectivity index is 0.00000264. The lowest BCUT2D eigenvalue weighted by atomic mass is 9.92. The van der Waals surface area contributed by atoms with Gasteiger partial charge in [0.2, 0.25) is 10.0 Å². The van der Waals surface area contributed by atoms with Gasteiger partial charge < -0.3 is 10.5 Å². The monoisotopic (exact) mass is 426 g/mol. The second-order valence-electron chi connectivity index (χ2n) is 5.90. The van der Waals surface area contributed by atoms with Crippen LogP contribution in [0.15, 0.2) is 27.6 Å². The van der Waals surface area contributed by atoms with Crippen molar-refractivity contribution in [1.82, 2.24) is 4.72 Å². The summed E-state index contributed by atoms with van der Waals surface area (Å²) in [6.45, 7) is 0.255. The fourth-order valence-corrected chi connectivity index (χ4v) is 4.63. The van der Waals surface area contributed by atoms with E-state index < -0.39 is 15.6 Å². The predicted molar refractivity (Wildman–Crippen MR) is 97.8 cm³/mol. The Bertz CT molecular complexity index is 617. The van der Waals surface area contributed by atoms with E-state index in [-0.39, 0.29) is 23.8 Å². The summed E-state index contributed by atoms with van der Waals surface area (Å²) in [7, 11) is -2.20. The van der Waals surface area contributed by atoms with Gasteiger partial charge in [0.1, 0.15) is 10.6 Å². The zero-order chi connectivity index (χ0) is 16.2. The zero-order valence-corrected chi connectivity index (χ0v) is 16.4. The lowest BCUT2D eigenvalue weighted by molar-refractivity contribution is 0.368. The first-order valence-electron chi connectivity index (χ1n) is 7.48. The molecule has 1 aromatic carbocycles. The molecule has 1 aliphatic carbocycles. The molecule has 0 radical (unpaired) electrons. The molecule has 0 spiro atoms. The Hall–Kier alpha value is -0.340. The molecular weight excluding hydrogens is 404 g/mol. The number of methoxy groups -OCH3 is 1. The summed E-state index contributed by atoms with van der Waals surface area (Å²) < 4.78 is 33.6. The number of nitrogens with one attached hydrogen (secondary N) is 1. The summed E-state index contributed by atoms with van der Waals surface area (Å²) in [5.41, 5.74) is 5.92. The summed E-state index contributed by atoms with van der Waals surface area (Å²) in [5.74, 6) is 0.322. The lowest BCUT2D eigenvalue weighted by Crippen LogP contribution is -2.49. The highest BCUT2D eigenvalue weighted by molar-refractivity contribution is 9.10. The highest BCUT2D eigenvalue weighted by Gasteiger charge is 2.29. The standard InChI is InChI=1S/C15H23BrN2O3S.ClH/c1-21-13-7-6-12(16)10-14(13)22(19,20)18-11-15(17)8-4-2-3-5-9-15;/h6-7,10,18H,2-5,8-9,11,17H2,1H3;1H. The van der Waals surface area contributed by atoms with Crippen LogP contribution in [0.2, 0.25) is 0 Å². The minimum Gasteiger partial charge on any atom is -0.495 e. The molecule has 0 aromatic heterocycles. The van der Waals surface area contributed by atoms with Crippen molar-refractivity contribution in [1.29, 1.82) is 0 Å². The smallest absolute Gasteiger partial charge is 0.244 e. The van der Waals surface area contributed by atoms with E-state index in [1.807, 2.05) is 0 Å². The Morgan fingerprint density at radius 1 is 1.26 bits per heavy atom. The van der Waals surface area contributed by atoms with E-state index in [9.17, 15) is 8.42 Å². The van der Waals surface area contributed by atoms with Crippen LogP contribution in [0.4, 0.5) is 0 Å². The molecule has 1 saturated carbocycles. The van der Waals surface area contributed by atoms with Crippen molar-refractivity contribution in [3.63, 3.8) is 0 Å². The largest absolute Gasteiger partial charge is 0.495 e. The Labute approximate surface area is 152 Å². The molecule has 0 saturated heterocycles. The molecular formula is C15H24BrClN2O3S. The van der Waals surface area contributed by atoms with Gasteiger partial charge in [-0.15, -0.1) is 12.4 Å².